The highest BCUT2D eigenvalue weighted by atomic mass is 127. The maximum atomic E-state index is 5.70. The van der Waals surface area contributed by atoms with Crippen LogP contribution in [-0.2, 0) is 16.0 Å². The average molecular weight is 501 g/mol. The number of guanidine groups is 1. The maximum Gasteiger partial charge on any atom is 0.191 e. The standard InChI is InChI=1S/C20H31N5O2.HI/c1-3-21-20(22-10-6-11-26-15-18-8-5-12-27-18)23-13-17-14-25-16(2)7-4-9-19(25)24-17;/h4,7,9,14,18H,3,5-6,8,10-13,15H2,1-2H3,(H2,21,22,23);1H. The molecule has 0 spiro atoms. The van der Waals surface area contributed by atoms with Crippen molar-refractivity contribution in [2.24, 2.45) is 4.99 Å². The van der Waals surface area contributed by atoms with Crippen molar-refractivity contribution in [3.05, 3.63) is 35.8 Å². The normalized spacial score (nSPS) is 16.9. The molecule has 7 nitrogen and oxygen atoms in total. The Morgan fingerprint density at radius 2 is 2.29 bits per heavy atom. The molecule has 3 rings (SSSR count). The topological polar surface area (TPSA) is 72.2 Å². The fourth-order valence-electron chi connectivity index (χ4n) is 3.15. The summed E-state index contributed by atoms with van der Waals surface area (Å²) in [6, 6.07) is 6.12. The number of nitrogens with one attached hydrogen (secondary N) is 2. The third-order valence-electron chi connectivity index (χ3n) is 4.57. The molecule has 8 heteroatoms. The first kappa shape index (κ1) is 22.9. The van der Waals surface area contributed by atoms with E-state index in [1.807, 2.05) is 12.1 Å². The van der Waals surface area contributed by atoms with Crippen molar-refractivity contribution in [2.45, 2.75) is 45.8 Å². The molecular weight excluding hydrogens is 469 g/mol. The summed E-state index contributed by atoms with van der Waals surface area (Å²) in [5, 5.41) is 6.63. The van der Waals surface area contributed by atoms with Gasteiger partial charge < -0.3 is 24.5 Å². The molecular formula is C20H32IN5O2. The summed E-state index contributed by atoms with van der Waals surface area (Å²) in [4.78, 5) is 9.28. The van der Waals surface area contributed by atoms with Crippen molar-refractivity contribution in [3.8, 4) is 0 Å². The Bertz CT molecular complexity index is 743. The second kappa shape index (κ2) is 12.2. The molecule has 2 N–H and O–H groups in total. The van der Waals surface area contributed by atoms with E-state index in [1.54, 1.807) is 0 Å². The Balaban J connectivity index is 0.00000280. The maximum absolute atomic E-state index is 5.70. The number of nitrogens with zero attached hydrogens (tertiary/aromatic N) is 3. The number of pyridine rings is 1. The Morgan fingerprint density at radius 3 is 3.04 bits per heavy atom. The minimum absolute atomic E-state index is 0. The SMILES string of the molecule is CCNC(=NCc1cn2c(C)cccc2n1)NCCCOCC1CCCO1.I. The quantitative estimate of drug-likeness (QED) is 0.239. The van der Waals surface area contributed by atoms with Gasteiger partial charge in [0.2, 0.25) is 0 Å². The van der Waals surface area contributed by atoms with Crippen LogP contribution in [0.25, 0.3) is 5.65 Å². The summed E-state index contributed by atoms with van der Waals surface area (Å²) in [7, 11) is 0. The lowest BCUT2D eigenvalue weighted by molar-refractivity contribution is 0.0168. The van der Waals surface area contributed by atoms with Gasteiger partial charge >= 0.3 is 0 Å². The largest absolute Gasteiger partial charge is 0.379 e. The summed E-state index contributed by atoms with van der Waals surface area (Å²) < 4.78 is 13.3. The van der Waals surface area contributed by atoms with E-state index in [4.69, 9.17) is 9.47 Å². The van der Waals surface area contributed by atoms with Crippen LogP contribution in [-0.4, -0.2) is 54.4 Å². The second-order valence-corrected chi connectivity index (χ2v) is 6.81. The van der Waals surface area contributed by atoms with Crippen LogP contribution in [0.3, 0.4) is 0 Å². The predicted molar refractivity (Wildman–Crippen MR) is 123 cm³/mol. The van der Waals surface area contributed by atoms with Crippen LogP contribution in [0.15, 0.2) is 29.4 Å². The van der Waals surface area contributed by atoms with Crippen LogP contribution >= 0.6 is 24.0 Å². The monoisotopic (exact) mass is 501 g/mol. The third kappa shape index (κ3) is 6.89. The molecule has 1 aliphatic rings. The molecule has 1 saturated heterocycles. The van der Waals surface area contributed by atoms with Gasteiger partial charge in [-0.3, -0.25) is 0 Å². The minimum atomic E-state index is 0. The molecule has 1 unspecified atom stereocenters. The van der Waals surface area contributed by atoms with Crippen LogP contribution < -0.4 is 10.6 Å². The van der Waals surface area contributed by atoms with Crippen LogP contribution in [0.5, 0.6) is 0 Å². The predicted octanol–water partition coefficient (Wildman–Crippen LogP) is 2.90. The lowest BCUT2D eigenvalue weighted by Gasteiger charge is -2.12. The lowest BCUT2D eigenvalue weighted by atomic mass is 10.2. The van der Waals surface area contributed by atoms with E-state index in [2.05, 4.69) is 51.1 Å². The summed E-state index contributed by atoms with van der Waals surface area (Å²) in [5.41, 5.74) is 3.09. The number of hydrogen-bond donors (Lipinski definition) is 2. The molecule has 1 aliphatic heterocycles. The fourth-order valence-corrected chi connectivity index (χ4v) is 3.15. The Labute approximate surface area is 184 Å². The van der Waals surface area contributed by atoms with Gasteiger partial charge in [0, 0.05) is 38.2 Å². The summed E-state index contributed by atoms with van der Waals surface area (Å²) in [6.45, 7) is 8.66. The van der Waals surface area contributed by atoms with Crippen LogP contribution in [0.1, 0.15) is 37.6 Å². The highest BCUT2D eigenvalue weighted by Crippen LogP contribution is 2.12. The van der Waals surface area contributed by atoms with Crippen molar-refractivity contribution in [1.82, 2.24) is 20.0 Å². The van der Waals surface area contributed by atoms with Gasteiger partial charge in [-0.2, -0.15) is 0 Å². The summed E-state index contributed by atoms with van der Waals surface area (Å²) in [6.07, 6.45) is 5.56. The molecule has 1 fully saturated rings. The number of ether oxygens (including phenoxy) is 2. The van der Waals surface area contributed by atoms with Crippen molar-refractivity contribution in [2.75, 3.05) is 32.9 Å². The molecule has 0 aromatic carbocycles. The van der Waals surface area contributed by atoms with Crippen LogP contribution in [0.2, 0.25) is 0 Å². The number of imidazole rings is 1. The van der Waals surface area contributed by atoms with Gasteiger partial charge in [-0.15, -0.1) is 24.0 Å². The van der Waals surface area contributed by atoms with E-state index in [1.165, 1.54) is 5.69 Å². The molecule has 28 heavy (non-hydrogen) atoms. The van der Waals surface area contributed by atoms with Crippen molar-refractivity contribution in [1.29, 1.82) is 0 Å². The number of aliphatic imine (C=N–C) groups is 1. The zero-order valence-electron chi connectivity index (χ0n) is 16.8. The van der Waals surface area contributed by atoms with E-state index >= 15 is 0 Å². The smallest absolute Gasteiger partial charge is 0.191 e. The number of fused-ring (bicyclic) bond motifs is 1. The Kier molecular flexibility index (Phi) is 10.0. The van der Waals surface area contributed by atoms with E-state index in [-0.39, 0.29) is 24.0 Å². The van der Waals surface area contributed by atoms with Gasteiger partial charge in [-0.25, -0.2) is 9.98 Å². The van der Waals surface area contributed by atoms with Gasteiger partial charge in [0.05, 0.1) is 24.9 Å². The van der Waals surface area contributed by atoms with Gasteiger partial charge in [0.25, 0.3) is 0 Å². The lowest BCUT2D eigenvalue weighted by Crippen LogP contribution is -2.38. The fraction of sp³-hybridized carbons (Fsp3) is 0.600. The highest BCUT2D eigenvalue weighted by molar-refractivity contribution is 14.0. The summed E-state index contributed by atoms with van der Waals surface area (Å²) >= 11 is 0. The van der Waals surface area contributed by atoms with Gasteiger partial charge in [-0.1, -0.05) is 6.07 Å². The zero-order valence-corrected chi connectivity index (χ0v) is 19.1. The zero-order chi connectivity index (χ0) is 18.9. The second-order valence-electron chi connectivity index (χ2n) is 6.81. The minimum Gasteiger partial charge on any atom is -0.379 e. The van der Waals surface area contributed by atoms with Crippen molar-refractivity contribution < 1.29 is 9.47 Å². The molecule has 0 saturated carbocycles. The third-order valence-corrected chi connectivity index (χ3v) is 4.57. The van der Waals surface area contributed by atoms with E-state index in [0.29, 0.717) is 19.3 Å². The number of hydrogen-bond acceptors (Lipinski definition) is 4. The molecule has 0 aliphatic carbocycles. The van der Waals surface area contributed by atoms with Gasteiger partial charge in [-0.05, 0) is 45.2 Å². The molecule has 0 amide bonds. The van der Waals surface area contributed by atoms with Crippen molar-refractivity contribution in [3.63, 3.8) is 0 Å². The number of aryl methyl sites for hydroxylation is 1. The first-order valence-electron chi connectivity index (χ1n) is 9.91. The molecule has 0 bridgehead atoms. The number of aromatic nitrogens is 2. The number of rotatable bonds is 9. The van der Waals surface area contributed by atoms with E-state index in [9.17, 15) is 0 Å². The molecule has 156 valence electrons. The Morgan fingerprint density at radius 1 is 1.39 bits per heavy atom. The molecule has 0 radical (unpaired) electrons. The Hall–Kier alpha value is -1.39. The van der Waals surface area contributed by atoms with Crippen LogP contribution in [0.4, 0.5) is 0 Å². The molecule has 2 aromatic heterocycles. The highest BCUT2D eigenvalue weighted by Gasteiger charge is 2.14. The van der Waals surface area contributed by atoms with Gasteiger partial charge in [0.1, 0.15) is 5.65 Å². The average Bonchev–Trinajstić information content (AvgIpc) is 3.32. The molecule has 3 heterocycles. The van der Waals surface area contributed by atoms with Gasteiger partial charge in [0.15, 0.2) is 5.96 Å². The van der Waals surface area contributed by atoms with Crippen molar-refractivity contribution >= 4 is 35.6 Å². The number of halogens is 1. The van der Waals surface area contributed by atoms with E-state index < -0.39 is 0 Å². The van der Waals surface area contributed by atoms with Crippen LogP contribution in [0, 0.1) is 6.92 Å². The first-order chi connectivity index (χ1) is 13.3. The summed E-state index contributed by atoms with van der Waals surface area (Å²) in [5.74, 6) is 0.811. The molecule has 1 atom stereocenters. The van der Waals surface area contributed by atoms with E-state index in [0.717, 1.165) is 62.9 Å². The first-order valence-corrected chi connectivity index (χ1v) is 9.91. The molecule has 2 aromatic rings.